The van der Waals surface area contributed by atoms with E-state index in [4.69, 9.17) is 5.11 Å². The van der Waals surface area contributed by atoms with Crippen molar-refractivity contribution in [3.05, 3.63) is 53.7 Å². The molecule has 412 valence electrons. The van der Waals surface area contributed by atoms with E-state index in [9.17, 15) is 73.5 Å². The van der Waals surface area contributed by atoms with Crippen molar-refractivity contribution < 1.29 is 78.6 Å². The first-order chi connectivity index (χ1) is 35.8. The molecule has 1 saturated heterocycles. The predicted molar refractivity (Wildman–Crippen MR) is 269 cm³/mol. The van der Waals surface area contributed by atoms with Crippen molar-refractivity contribution in [3.8, 4) is 0 Å². The molecule has 1 aliphatic carbocycles. The van der Waals surface area contributed by atoms with Crippen LogP contribution >= 0.6 is 0 Å². The van der Waals surface area contributed by atoms with E-state index in [1.807, 2.05) is 53.3 Å². The SMILES string of the molecule is O=C=C(NCCCC[C@H](NC(=O)N[C@@H](CCC(=O)O)C(=O)O)C(=O)O)[C@@H](Cc1ccc2ccccc2c1)NC(=O)C1CCC(CNC(=O)CN2CCN(CC(=O)O)CCN(CC(=O)O)CCN(CC(=O)O)CC2)CC1. The molecule has 0 bridgehead atoms. The van der Waals surface area contributed by atoms with E-state index >= 15 is 0 Å². The summed E-state index contributed by atoms with van der Waals surface area (Å²) in [5.74, 6) is -6.22. The molecule has 0 aromatic heterocycles. The fourth-order valence-corrected chi connectivity index (χ4v) is 9.11. The van der Waals surface area contributed by atoms with E-state index in [1.54, 1.807) is 14.7 Å². The predicted octanol–water partition coefficient (Wildman–Crippen LogP) is -0.189. The minimum absolute atomic E-state index is 0.0297. The number of carboxylic acids is 6. The van der Waals surface area contributed by atoms with Crippen molar-refractivity contribution in [2.45, 2.75) is 82.3 Å². The molecule has 0 radical (unpaired) electrons. The number of unbranched alkanes of at least 4 members (excludes halogenated alkanes) is 1. The van der Waals surface area contributed by atoms with Crippen LogP contribution in [0.3, 0.4) is 0 Å². The molecule has 0 unspecified atom stereocenters. The fourth-order valence-electron chi connectivity index (χ4n) is 9.11. The smallest absolute Gasteiger partial charge is 0.326 e. The molecule has 11 N–H and O–H groups in total. The Bertz CT molecular complexity index is 2310. The van der Waals surface area contributed by atoms with Gasteiger partial charge in [-0.2, -0.15) is 0 Å². The van der Waals surface area contributed by atoms with Gasteiger partial charge >= 0.3 is 41.8 Å². The Balaban J connectivity index is 1.32. The number of urea groups is 1. The van der Waals surface area contributed by atoms with Crippen LogP contribution in [0.25, 0.3) is 10.8 Å². The van der Waals surface area contributed by atoms with Gasteiger partial charge in [-0.1, -0.05) is 42.5 Å². The Morgan fingerprint density at radius 3 is 1.56 bits per heavy atom. The lowest BCUT2D eigenvalue weighted by molar-refractivity contribution is -0.141. The number of aliphatic carboxylic acids is 6. The lowest BCUT2D eigenvalue weighted by Gasteiger charge is -2.33. The second-order valence-corrected chi connectivity index (χ2v) is 19.0. The molecule has 2 fully saturated rings. The van der Waals surface area contributed by atoms with Crippen LogP contribution in [0.5, 0.6) is 0 Å². The number of carbonyl (C=O) groups is 9. The van der Waals surface area contributed by atoms with E-state index in [2.05, 4.69) is 26.6 Å². The maximum absolute atomic E-state index is 14.0. The lowest BCUT2D eigenvalue weighted by atomic mass is 9.81. The number of hydrogen-bond acceptors (Lipinski definition) is 15. The normalized spacial score (nSPS) is 18.6. The first kappa shape index (κ1) is 60.4. The van der Waals surface area contributed by atoms with Crippen molar-refractivity contribution in [3.63, 3.8) is 0 Å². The average Bonchev–Trinajstić information content (AvgIpc) is 3.35. The van der Waals surface area contributed by atoms with Crippen LogP contribution in [0.1, 0.15) is 63.4 Å². The Hall–Kier alpha value is -7.18. The molecule has 1 aliphatic heterocycles. The van der Waals surface area contributed by atoms with Crippen molar-refractivity contribution in [2.24, 2.45) is 11.8 Å². The summed E-state index contributed by atoms with van der Waals surface area (Å²) in [5.41, 5.74) is 0.909. The number of nitrogens with zero attached hydrogens (tertiary/aromatic N) is 4. The maximum atomic E-state index is 14.0. The Morgan fingerprint density at radius 1 is 0.560 bits per heavy atom. The first-order valence-corrected chi connectivity index (χ1v) is 25.1. The van der Waals surface area contributed by atoms with Crippen molar-refractivity contribution >= 4 is 70.4 Å². The molecular formula is C50H71N9O16. The summed E-state index contributed by atoms with van der Waals surface area (Å²) in [6.45, 7) is 1.77. The second-order valence-electron chi connectivity index (χ2n) is 19.0. The topological polar surface area (TPSA) is 365 Å². The third-order valence-corrected chi connectivity index (χ3v) is 13.3. The number of rotatable bonds is 28. The summed E-state index contributed by atoms with van der Waals surface area (Å²) >= 11 is 0. The van der Waals surface area contributed by atoms with Gasteiger partial charge in [-0.05, 0) is 80.0 Å². The summed E-state index contributed by atoms with van der Waals surface area (Å²) < 4.78 is 0. The van der Waals surface area contributed by atoms with Crippen molar-refractivity contribution in [1.82, 2.24) is 46.2 Å². The van der Waals surface area contributed by atoms with Gasteiger partial charge < -0.3 is 57.2 Å². The second kappa shape index (κ2) is 31.5. The number of hydrogen-bond donors (Lipinski definition) is 11. The molecule has 2 aromatic carbocycles. The van der Waals surface area contributed by atoms with Gasteiger partial charge in [0.1, 0.15) is 23.7 Å². The molecule has 75 heavy (non-hydrogen) atoms. The van der Waals surface area contributed by atoms with Crippen LogP contribution in [-0.4, -0.2) is 220 Å². The van der Waals surface area contributed by atoms with Crippen LogP contribution in [0.15, 0.2) is 48.2 Å². The largest absolute Gasteiger partial charge is 0.481 e. The van der Waals surface area contributed by atoms with Gasteiger partial charge in [-0.3, -0.25) is 48.4 Å². The third kappa shape index (κ3) is 22.9. The van der Waals surface area contributed by atoms with Crippen molar-refractivity contribution in [2.75, 3.05) is 91.6 Å². The molecule has 0 spiro atoms. The molecule has 4 amide bonds. The molecule has 1 heterocycles. The van der Waals surface area contributed by atoms with Gasteiger partial charge in [0.25, 0.3) is 0 Å². The number of benzene rings is 2. The van der Waals surface area contributed by atoms with Crippen LogP contribution in [-0.2, 0) is 49.6 Å². The molecule has 3 atom stereocenters. The van der Waals surface area contributed by atoms with Crippen LogP contribution in [0, 0.1) is 11.8 Å². The molecule has 4 rings (SSSR count). The van der Waals surface area contributed by atoms with Gasteiger partial charge in [0.2, 0.25) is 11.8 Å². The van der Waals surface area contributed by atoms with E-state index < -0.39 is 78.7 Å². The zero-order valence-electron chi connectivity index (χ0n) is 42.0. The van der Waals surface area contributed by atoms with Gasteiger partial charge in [0, 0.05) is 77.8 Å². The van der Waals surface area contributed by atoms with Crippen LogP contribution < -0.4 is 26.6 Å². The van der Waals surface area contributed by atoms with Crippen LogP contribution in [0.2, 0.25) is 0 Å². The minimum atomic E-state index is -1.55. The highest BCUT2D eigenvalue weighted by atomic mass is 16.4. The quantitative estimate of drug-likeness (QED) is 0.0389. The fraction of sp³-hybridized carbons (Fsp3) is 0.580. The highest BCUT2D eigenvalue weighted by molar-refractivity contribution is 5.86. The Labute approximate surface area is 433 Å². The third-order valence-electron chi connectivity index (χ3n) is 13.3. The van der Waals surface area contributed by atoms with E-state index in [1.165, 1.54) is 0 Å². The monoisotopic (exact) mass is 1050 g/mol. The number of carboxylic acid groups (broad SMARTS) is 6. The number of carbonyl (C=O) groups excluding carboxylic acids is 4. The highest BCUT2D eigenvalue weighted by Crippen LogP contribution is 2.29. The molecule has 2 aliphatic rings. The standard InChI is InChI=1S/C50H71N9O16/c60-32-41(51-16-4-3-7-38(48(71)72)54-50(75)55-39(49(73)74)14-15-43(62)63)40(26-34-10-11-35-5-1-2-6-37(35)25-34)53-47(70)36-12-8-33(9-13-36)27-52-42(61)28-56-17-19-57(29-44(64)65)21-23-59(31-46(68)69)24-22-58(20-18-56)30-45(66)67/h1-2,5-6,10-11,25,33,36,38-40,51H,3-4,7-9,12-24,26-31H2,(H,52,61)(H,53,70)(H,62,63)(H,64,65)(H,66,67)(H,68,69)(H,71,72)(H,73,74)(H2,54,55,75)/t33?,36?,38-,39-,40+/m0/s1. The van der Waals surface area contributed by atoms with E-state index in [0.717, 1.165) is 16.3 Å². The number of fused-ring (bicyclic) bond motifs is 1. The first-order valence-electron chi connectivity index (χ1n) is 25.1. The lowest BCUT2D eigenvalue weighted by Crippen LogP contribution is -2.51. The summed E-state index contributed by atoms with van der Waals surface area (Å²) in [6, 6.07) is 8.67. The molecule has 25 nitrogen and oxygen atoms in total. The average molecular weight is 1050 g/mol. The molecule has 2 aromatic rings. The minimum Gasteiger partial charge on any atom is -0.481 e. The van der Waals surface area contributed by atoms with Gasteiger partial charge in [-0.15, -0.1) is 0 Å². The zero-order chi connectivity index (χ0) is 54.9. The molecule has 25 heteroatoms. The van der Waals surface area contributed by atoms with Gasteiger partial charge in [0.05, 0.1) is 32.2 Å². The maximum Gasteiger partial charge on any atom is 0.326 e. The van der Waals surface area contributed by atoms with E-state index in [-0.39, 0.29) is 115 Å². The number of nitrogens with one attached hydrogen (secondary N) is 5. The summed E-state index contributed by atoms with van der Waals surface area (Å²) in [4.78, 5) is 128. The highest BCUT2D eigenvalue weighted by Gasteiger charge is 2.30. The summed E-state index contributed by atoms with van der Waals surface area (Å²) in [5, 5.41) is 71.8. The summed E-state index contributed by atoms with van der Waals surface area (Å²) in [7, 11) is 0. The molecule has 1 saturated carbocycles. The van der Waals surface area contributed by atoms with E-state index in [0.29, 0.717) is 51.7 Å². The number of amides is 4. The zero-order valence-corrected chi connectivity index (χ0v) is 42.0. The summed E-state index contributed by atoms with van der Waals surface area (Å²) in [6.07, 6.45) is 2.04. The van der Waals surface area contributed by atoms with Gasteiger partial charge in [-0.25, -0.2) is 19.2 Å². The van der Waals surface area contributed by atoms with Crippen LogP contribution in [0.4, 0.5) is 4.79 Å². The Kier molecular flexibility index (Phi) is 25.4. The van der Waals surface area contributed by atoms with Gasteiger partial charge in [0.15, 0.2) is 0 Å². The Morgan fingerprint density at radius 2 is 1.07 bits per heavy atom. The molecular weight excluding hydrogens is 983 g/mol. The van der Waals surface area contributed by atoms with Crippen molar-refractivity contribution in [1.29, 1.82) is 0 Å².